The fourth-order valence-electron chi connectivity index (χ4n) is 2.48. The lowest BCUT2D eigenvalue weighted by atomic mass is 10.0. The van der Waals surface area contributed by atoms with E-state index >= 15 is 0 Å². The Morgan fingerprint density at radius 2 is 2.33 bits per heavy atom. The van der Waals surface area contributed by atoms with E-state index in [4.69, 9.17) is 10.5 Å². The molecular formula is C14H21FN2O. The molecule has 1 aromatic rings. The number of ether oxygens (including phenoxy) is 1. The molecule has 100 valence electrons. The zero-order chi connectivity index (χ0) is 13.1. The Bertz CT molecular complexity index is 411. The maximum absolute atomic E-state index is 13.7. The summed E-state index contributed by atoms with van der Waals surface area (Å²) >= 11 is 0. The number of morpholine rings is 1. The minimum absolute atomic E-state index is 0.0685. The van der Waals surface area contributed by atoms with Crippen LogP contribution in [0, 0.1) is 12.7 Å². The monoisotopic (exact) mass is 252 g/mol. The van der Waals surface area contributed by atoms with Gasteiger partial charge < -0.3 is 10.5 Å². The van der Waals surface area contributed by atoms with Crippen molar-refractivity contribution in [2.45, 2.75) is 25.9 Å². The maximum Gasteiger partial charge on any atom is 0.126 e. The molecule has 1 heterocycles. The number of hydrogen-bond donors (Lipinski definition) is 1. The molecule has 0 aliphatic carbocycles. The quantitative estimate of drug-likeness (QED) is 0.892. The van der Waals surface area contributed by atoms with Crippen molar-refractivity contribution in [1.29, 1.82) is 0 Å². The third-order valence-electron chi connectivity index (χ3n) is 3.62. The topological polar surface area (TPSA) is 38.5 Å². The highest BCUT2D eigenvalue weighted by Crippen LogP contribution is 2.25. The van der Waals surface area contributed by atoms with Gasteiger partial charge in [0.05, 0.1) is 13.2 Å². The van der Waals surface area contributed by atoms with Crippen LogP contribution in [0.4, 0.5) is 4.39 Å². The van der Waals surface area contributed by atoms with E-state index in [1.165, 1.54) is 0 Å². The average Bonchev–Trinajstić information content (AvgIpc) is 2.37. The number of hydrogen-bond acceptors (Lipinski definition) is 3. The molecule has 0 radical (unpaired) electrons. The molecule has 3 nitrogen and oxygen atoms in total. The number of halogens is 1. The molecule has 1 saturated heterocycles. The predicted octanol–water partition coefficient (Wildman–Crippen LogP) is 1.85. The standard InChI is InChI=1S/C14H21FN2O/c1-10-3-4-12(7-13(10)15)14(8-16)17-5-6-18-9-11(17)2/h3-4,7,11,14H,5-6,8-9,16H2,1-2H3. The molecule has 0 spiro atoms. The lowest BCUT2D eigenvalue weighted by Gasteiger charge is -2.39. The number of aryl methyl sites for hydroxylation is 1. The van der Waals surface area contributed by atoms with Crippen LogP contribution in [0.3, 0.4) is 0 Å². The molecule has 2 N–H and O–H groups in total. The number of nitrogens with zero attached hydrogens (tertiary/aromatic N) is 1. The Balaban J connectivity index is 2.23. The van der Waals surface area contributed by atoms with Gasteiger partial charge in [0.25, 0.3) is 0 Å². The molecule has 2 atom stereocenters. The largest absolute Gasteiger partial charge is 0.379 e. The van der Waals surface area contributed by atoms with Gasteiger partial charge in [0.2, 0.25) is 0 Å². The van der Waals surface area contributed by atoms with Gasteiger partial charge in [-0.05, 0) is 31.0 Å². The van der Waals surface area contributed by atoms with Gasteiger partial charge in [0.15, 0.2) is 0 Å². The van der Waals surface area contributed by atoms with Crippen LogP contribution in [0.5, 0.6) is 0 Å². The second kappa shape index (κ2) is 5.78. The first-order valence-corrected chi connectivity index (χ1v) is 6.43. The molecule has 4 heteroatoms. The SMILES string of the molecule is Cc1ccc(C(CN)N2CCOCC2C)cc1F. The van der Waals surface area contributed by atoms with Crippen molar-refractivity contribution in [3.8, 4) is 0 Å². The first-order valence-electron chi connectivity index (χ1n) is 6.43. The Labute approximate surface area is 108 Å². The van der Waals surface area contributed by atoms with Gasteiger partial charge in [-0.25, -0.2) is 4.39 Å². The molecule has 1 aromatic carbocycles. The normalized spacial score (nSPS) is 23.0. The third kappa shape index (κ3) is 2.71. The van der Waals surface area contributed by atoms with Crippen molar-refractivity contribution >= 4 is 0 Å². The summed E-state index contributed by atoms with van der Waals surface area (Å²) in [6, 6.07) is 5.78. The summed E-state index contributed by atoms with van der Waals surface area (Å²) in [5.74, 6) is -0.160. The average molecular weight is 252 g/mol. The molecule has 0 bridgehead atoms. The number of rotatable bonds is 3. The van der Waals surface area contributed by atoms with Gasteiger partial charge in [-0.3, -0.25) is 4.90 Å². The van der Waals surface area contributed by atoms with E-state index in [-0.39, 0.29) is 11.9 Å². The second-order valence-corrected chi connectivity index (χ2v) is 4.92. The van der Waals surface area contributed by atoms with Crippen molar-refractivity contribution in [1.82, 2.24) is 4.90 Å². The highest BCUT2D eigenvalue weighted by molar-refractivity contribution is 5.26. The van der Waals surface area contributed by atoms with E-state index in [9.17, 15) is 4.39 Å². The fraction of sp³-hybridized carbons (Fsp3) is 0.571. The summed E-state index contributed by atoms with van der Waals surface area (Å²) < 4.78 is 19.1. The fourth-order valence-corrected chi connectivity index (χ4v) is 2.48. The Hall–Kier alpha value is -0.970. The van der Waals surface area contributed by atoms with Gasteiger partial charge in [-0.1, -0.05) is 12.1 Å². The van der Waals surface area contributed by atoms with E-state index in [0.717, 1.165) is 18.7 Å². The summed E-state index contributed by atoms with van der Waals surface area (Å²) in [7, 11) is 0. The Morgan fingerprint density at radius 3 is 2.94 bits per heavy atom. The van der Waals surface area contributed by atoms with Gasteiger partial charge in [-0.2, -0.15) is 0 Å². The van der Waals surface area contributed by atoms with E-state index in [1.807, 2.05) is 12.1 Å². The maximum atomic E-state index is 13.7. The van der Waals surface area contributed by atoms with Crippen molar-refractivity contribution < 1.29 is 9.13 Å². The van der Waals surface area contributed by atoms with Crippen LogP contribution >= 0.6 is 0 Å². The summed E-state index contributed by atoms with van der Waals surface area (Å²) in [4.78, 5) is 2.30. The van der Waals surface area contributed by atoms with Crippen LogP contribution in [0.2, 0.25) is 0 Å². The van der Waals surface area contributed by atoms with Crippen molar-refractivity contribution in [2.75, 3.05) is 26.3 Å². The minimum Gasteiger partial charge on any atom is -0.379 e. The van der Waals surface area contributed by atoms with Crippen LogP contribution in [0.15, 0.2) is 18.2 Å². The van der Waals surface area contributed by atoms with Crippen LogP contribution in [0.25, 0.3) is 0 Å². The Kier molecular flexibility index (Phi) is 4.32. The molecule has 18 heavy (non-hydrogen) atoms. The molecule has 2 unspecified atom stereocenters. The highest BCUT2D eigenvalue weighted by Gasteiger charge is 2.27. The number of nitrogens with two attached hydrogens (primary N) is 1. The lowest BCUT2D eigenvalue weighted by Crippen LogP contribution is -2.47. The molecule has 0 saturated carbocycles. The van der Waals surface area contributed by atoms with Crippen molar-refractivity contribution in [3.63, 3.8) is 0 Å². The summed E-state index contributed by atoms with van der Waals surface area (Å²) in [5, 5.41) is 0. The molecule has 0 amide bonds. The van der Waals surface area contributed by atoms with Crippen LogP contribution < -0.4 is 5.73 Å². The highest BCUT2D eigenvalue weighted by atomic mass is 19.1. The third-order valence-corrected chi connectivity index (χ3v) is 3.62. The zero-order valence-corrected chi connectivity index (χ0v) is 11.0. The molecule has 2 rings (SSSR count). The molecular weight excluding hydrogens is 231 g/mol. The molecule has 1 aliphatic heterocycles. The zero-order valence-electron chi connectivity index (χ0n) is 11.0. The van der Waals surface area contributed by atoms with Crippen molar-refractivity contribution in [2.24, 2.45) is 5.73 Å². The molecule has 0 aromatic heterocycles. The van der Waals surface area contributed by atoms with Gasteiger partial charge in [-0.15, -0.1) is 0 Å². The van der Waals surface area contributed by atoms with E-state index in [2.05, 4.69) is 11.8 Å². The van der Waals surface area contributed by atoms with Gasteiger partial charge in [0.1, 0.15) is 5.82 Å². The number of benzene rings is 1. The van der Waals surface area contributed by atoms with Crippen molar-refractivity contribution in [3.05, 3.63) is 35.1 Å². The molecule has 1 fully saturated rings. The van der Waals surface area contributed by atoms with Gasteiger partial charge in [0, 0.05) is 25.2 Å². The van der Waals surface area contributed by atoms with E-state index in [0.29, 0.717) is 24.8 Å². The Morgan fingerprint density at radius 1 is 1.56 bits per heavy atom. The first kappa shape index (κ1) is 13.5. The summed E-state index contributed by atoms with van der Waals surface area (Å²) in [6.45, 7) is 6.66. The van der Waals surface area contributed by atoms with Gasteiger partial charge >= 0.3 is 0 Å². The first-order chi connectivity index (χ1) is 8.63. The van der Waals surface area contributed by atoms with Crippen LogP contribution in [0.1, 0.15) is 24.1 Å². The van der Waals surface area contributed by atoms with Crippen LogP contribution in [-0.2, 0) is 4.74 Å². The van der Waals surface area contributed by atoms with Crippen LogP contribution in [-0.4, -0.2) is 37.2 Å². The summed E-state index contributed by atoms with van der Waals surface area (Å²) in [6.07, 6.45) is 0. The summed E-state index contributed by atoms with van der Waals surface area (Å²) in [5.41, 5.74) is 7.51. The van der Waals surface area contributed by atoms with E-state index < -0.39 is 0 Å². The predicted molar refractivity (Wildman–Crippen MR) is 69.9 cm³/mol. The smallest absolute Gasteiger partial charge is 0.126 e. The molecule has 1 aliphatic rings. The lowest BCUT2D eigenvalue weighted by molar-refractivity contribution is -0.0209. The second-order valence-electron chi connectivity index (χ2n) is 4.92. The minimum atomic E-state index is -0.160. The van der Waals surface area contributed by atoms with E-state index in [1.54, 1.807) is 13.0 Å².